The Morgan fingerprint density at radius 1 is 0.641 bits per heavy atom. The van der Waals surface area contributed by atoms with Crippen molar-refractivity contribution in [3.05, 3.63) is 48.5 Å². The quantitative estimate of drug-likeness (QED) is 0.0583. The van der Waals surface area contributed by atoms with Crippen LogP contribution in [0.15, 0.2) is 48.5 Å². The van der Waals surface area contributed by atoms with Gasteiger partial charge in [0.15, 0.2) is 0 Å². The van der Waals surface area contributed by atoms with Crippen molar-refractivity contribution >= 4 is 21.9 Å². The van der Waals surface area contributed by atoms with Crippen molar-refractivity contribution in [1.82, 2.24) is 0 Å². The molecule has 0 aliphatic rings. The minimum Gasteiger partial charge on any atom is -0.494 e. The lowest BCUT2D eigenvalue weighted by Gasteiger charge is -2.15. The van der Waals surface area contributed by atoms with Crippen LogP contribution >= 0.6 is 15.9 Å². The molecule has 0 heterocycles. The van der Waals surface area contributed by atoms with Crippen molar-refractivity contribution < 1.29 is 14.3 Å². The summed E-state index contributed by atoms with van der Waals surface area (Å²) in [5.74, 6) is 1.48. The number of hydrogen-bond donors (Lipinski definition) is 0. The summed E-state index contributed by atoms with van der Waals surface area (Å²) in [7, 11) is 0. The molecular weight excluding hydrogens is 548 g/mol. The zero-order valence-electron chi connectivity index (χ0n) is 24.9. The molecule has 4 heteroatoms. The van der Waals surface area contributed by atoms with Gasteiger partial charge in [-0.05, 0) is 47.7 Å². The smallest absolute Gasteiger partial charge is 0.325 e. The van der Waals surface area contributed by atoms with Crippen molar-refractivity contribution in [1.29, 1.82) is 0 Å². The van der Waals surface area contributed by atoms with Gasteiger partial charge >= 0.3 is 5.97 Å². The van der Waals surface area contributed by atoms with E-state index in [2.05, 4.69) is 41.9 Å². The molecule has 2 aromatic rings. The van der Waals surface area contributed by atoms with Crippen LogP contribution in [0.3, 0.4) is 0 Å². The Morgan fingerprint density at radius 2 is 1.05 bits per heavy atom. The molecule has 2 unspecified atom stereocenters. The van der Waals surface area contributed by atoms with Crippen molar-refractivity contribution in [2.24, 2.45) is 5.92 Å². The summed E-state index contributed by atoms with van der Waals surface area (Å²) in [4.78, 5) is 12.0. The first-order valence-corrected chi connectivity index (χ1v) is 16.7. The van der Waals surface area contributed by atoms with Gasteiger partial charge in [-0.15, -0.1) is 0 Å². The molecule has 2 aromatic carbocycles. The molecule has 0 saturated carbocycles. The van der Waals surface area contributed by atoms with Gasteiger partial charge in [0.05, 0.1) is 6.61 Å². The van der Waals surface area contributed by atoms with E-state index in [-0.39, 0.29) is 16.7 Å². The van der Waals surface area contributed by atoms with Crippen molar-refractivity contribution in [2.45, 2.75) is 128 Å². The second kappa shape index (κ2) is 21.0. The Balaban J connectivity index is 1.52. The normalized spacial score (nSPS) is 12.7. The molecule has 0 aliphatic heterocycles. The second-order valence-electron chi connectivity index (χ2n) is 11.1. The summed E-state index contributed by atoms with van der Waals surface area (Å²) in [6.45, 7) is 7.17. The van der Waals surface area contributed by atoms with Crippen LogP contribution in [-0.4, -0.2) is 17.4 Å². The number of esters is 1. The standard InChI is InChI=1S/C35H53BrO3/c1-4-6-7-8-9-10-11-12-13-14-15-16-17-18-19-28-38-32-24-20-30(21-25-32)31-22-26-33(27-23-31)39-35(37)34(36)29(3)5-2/h20-27,29,34H,4-19,28H2,1-3H3. The van der Waals surface area contributed by atoms with Gasteiger partial charge in [0.2, 0.25) is 0 Å². The number of benzene rings is 2. The fourth-order valence-electron chi connectivity index (χ4n) is 4.73. The molecule has 0 N–H and O–H groups in total. The Kier molecular flexibility index (Phi) is 18.0. The number of unbranched alkanes of at least 4 members (excludes halogenated alkanes) is 14. The summed E-state index contributed by atoms with van der Waals surface area (Å²) >= 11 is 3.45. The molecule has 0 radical (unpaired) electrons. The topological polar surface area (TPSA) is 35.5 Å². The molecule has 3 nitrogen and oxygen atoms in total. The minimum atomic E-state index is -0.288. The highest BCUT2D eigenvalue weighted by Crippen LogP contribution is 2.26. The third-order valence-corrected chi connectivity index (χ3v) is 8.92. The number of hydrogen-bond acceptors (Lipinski definition) is 3. The summed E-state index contributed by atoms with van der Waals surface area (Å²) in [6, 6.07) is 15.9. The summed E-state index contributed by atoms with van der Waals surface area (Å²) in [5.41, 5.74) is 2.20. The summed E-state index contributed by atoms with van der Waals surface area (Å²) < 4.78 is 11.5. The van der Waals surface area contributed by atoms with E-state index in [4.69, 9.17) is 9.47 Å². The van der Waals surface area contributed by atoms with E-state index < -0.39 is 0 Å². The lowest BCUT2D eigenvalue weighted by molar-refractivity contribution is -0.134. The van der Waals surface area contributed by atoms with Crippen LogP contribution in [0.5, 0.6) is 11.5 Å². The first-order valence-electron chi connectivity index (χ1n) is 15.7. The molecule has 2 atom stereocenters. The predicted molar refractivity (Wildman–Crippen MR) is 170 cm³/mol. The summed E-state index contributed by atoms with van der Waals surface area (Å²) in [6.07, 6.45) is 21.5. The first-order chi connectivity index (χ1) is 19.0. The van der Waals surface area contributed by atoms with Gasteiger partial charge in [-0.3, -0.25) is 4.79 Å². The lowest BCUT2D eigenvalue weighted by Crippen LogP contribution is -2.26. The number of halogens is 1. The molecule has 2 rings (SSSR count). The number of alkyl halides is 1. The van der Waals surface area contributed by atoms with Gasteiger partial charge < -0.3 is 9.47 Å². The molecule has 39 heavy (non-hydrogen) atoms. The average Bonchev–Trinajstić information content (AvgIpc) is 2.96. The van der Waals surface area contributed by atoms with Crippen molar-refractivity contribution in [2.75, 3.05) is 6.61 Å². The van der Waals surface area contributed by atoms with E-state index in [0.717, 1.165) is 36.3 Å². The average molecular weight is 602 g/mol. The number of carbonyl (C=O) groups is 1. The van der Waals surface area contributed by atoms with Crippen LogP contribution in [0, 0.1) is 5.92 Å². The lowest BCUT2D eigenvalue weighted by atomic mass is 10.0. The van der Waals surface area contributed by atoms with E-state index in [9.17, 15) is 4.79 Å². The Labute approximate surface area is 247 Å². The van der Waals surface area contributed by atoms with Crippen molar-refractivity contribution in [3.8, 4) is 22.6 Å². The number of ether oxygens (including phenoxy) is 2. The van der Waals surface area contributed by atoms with Gasteiger partial charge in [-0.25, -0.2) is 0 Å². The van der Waals surface area contributed by atoms with Crippen LogP contribution in [-0.2, 0) is 4.79 Å². The second-order valence-corrected chi connectivity index (χ2v) is 12.0. The number of rotatable bonds is 22. The minimum absolute atomic E-state index is 0.233. The third kappa shape index (κ3) is 14.4. The van der Waals surface area contributed by atoms with Gasteiger partial charge in [-0.2, -0.15) is 0 Å². The van der Waals surface area contributed by atoms with E-state index in [1.54, 1.807) is 0 Å². The van der Waals surface area contributed by atoms with Crippen LogP contribution in [0.25, 0.3) is 11.1 Å². The van der Waals surface area contributed by atoms with Crippen LogP contribution in [0.4, 0.5) is 0 Å². The third-order valence-electron chi connectivity index (χ3n) is 7.65. The highest BCUT2D eigenvalue weighted by molar-refractivity contribution is 9.10. The largest absolute Gasteiger partial charge is 0.494 e. The van der Waals surface area contributed by atoms with Gasteiger partial charge in [0.25, 0.3) is 0 Å². The predicted octanol–water partition coefficient (Wildman–Crippen LogP) is 11.3. The maximum atomic E-state index is 12.3. The zero-order valence-corrected chi connectivity index (χ0v) is 26.5. The fourth-order valence-corrected chi connectivity index (χ4v) is 5.20. The Bertz CT molecular complexity index is 878. The zero-order chi connectivity index (χ0) is 28.1. The molecule has 0 spiro atoms. The maximum absolute atomic E-state index is 12.3. The van der Waals surface area contributed by atoms with Gasteiger partial charge in [0, 0.05) is 0 Å². The monoisotopic (exact) mass is 600 g/mol. The van der Waals surface area contributed by atoms with E-state index >= 15 is 0 Å². The SMILES string of the molecule is CCCCCCCCCCCCCCCCCOc1ccc(-c2ccc(OC(=O)C(Br)C(C)CC)cc2)cc1. The van der Waals surface area contributed by atoms with Crippen LogP contribution in [0.1, 0.15) is 124 Å². The maximum Gasteiger partial charge on any atom is 0.325 e. The molecule has 218 valence electrons. The first kappa shape index (κ1) is 33.4. The van der Waals surface area contributed by atoms with Crippen molar-refractivity contribution in [3.63, 3.8) is 0 Å². The highest BCUT2D eigenvalue weighted by Gasteiger charge is 2.22. The molecule has 0 amide bonds. The molecular formula is C35H53BrO3. The molecule has 0 aliphatic carbocycles. The molecule has 0 bridgehead atoms. The summed E-state index contributed by atoms with van der Waals surface area (Å²) in [5, 5.41) is 0. The highest BCUT2D eigenvalue weighted by atomic mass is 79.9. The van der Waals surface area contributed by atoms with Gasteiger partial charge in [0.1, 0.15) is 16.3 Å². The molecule has 0 saturated heterocycles. The molecule has 0 aromatic heterocycles. The fraction of sp³-hybridized carbons (Fsp3) is 0.629. The van der Waals surface area contributed by atoms with Crippen LogP contribution in [0.2, 0.25) is 0 Å². The van der Waals surface area contributed by atoms with E-state index in [1.165, 1.54) is 89.9 Å². The Morgan fingerprint density at radius 3 is 1.49 bits per heavy atom. The van der Waals surface area contributed by atoms with Crippen LogP contribution < -0.4 is 9.47 Å². The number of carbonyl (C=O) groups excluding carboxylic acids is 1. The molecule has 0 fully saturated rings. The Hall–Kier alpha value is -1.81. The van der Waals surface area contributed by atoms with E-state index in [0.29, 0.717) is 5.75 Å². The van der Waals surface area contributed by atoms with Gasteiger partial charge in [-0.1, -0.05) is 157 Å². The van der Waals surface area contributed by atoms with E-state index in [1.807, 2.05) is 43.3 Å².